The average molecular weight is 640 g/mol. The van der Waals surface area contributed by atoms with Crippen LogP contribution in [0.4, 0.5) is 17.2 Å². The SMILES string of the molecule is CC(C)c1cccc(C(C)C)c1-n1cnnc1-c1cccc(N(c2ccccc2)c2cccc(-c3cccc4c3oc3ccccc34)n2)c1. The van der Waals surface area contributed by atoms with E-state index in [0.717, 1.165) is 67.5 Å². The van der Waals surface area contributed by atoms with Gasteiger partial charge in [-0.05, 0) is 71.5 Å². The fraction of sp³-hybridized carbons (Fsp3) is 0.140. The lowest BCUT2D eigenvalue weighted by Crippen LogP contribution is -2.12. The van der Waals surface area contributed by atoms with Crippen molar-refractivity contribution >= 4 is 39.1 Å². The third kappa shape index (κ3) is 5.45. The number of furan rings is 1. The number of aromatic nitrogens is 4. The minimum atomic E-state index is 0.340. The highest BCUT2D eigenvalue weighted by Gasteiger charge is 2.21. The molecule has 3 aromatic heterocycles. The molecule has 0 bridgehead atoms. The summed E-state index contributed by atoms with van der Waals surface area (Å²) in [6.07, 6.45) is 1.84. The Morgan fingerprint density at radius 1 is 0.633 bits per heavy atom. The van der Waals surface area contributed by atoms with Crippen molar-refractivity contribution in [3.8, 4) is 28.3 Å². The van der Waals surface area contributed by atoms with E-state index >= 15 is 0 Å². The minimum Gasteiger partial charge on any atom is -0.455 e. The van der Waals surface area contributed by atoms with Crippen LogP contribution in [0.2, 0.25) is 0 Å². The molecule has 0 aliphatic rings. The van der Waals surface area contributed by atoms with Gasteiger partial charge in [0.25, 0.3) is 0 Å². The zero-order valence-corrected chi connectivity index (χ0v) is 28.1. The maximum atomic E-state index is 6.39. The number of rotatable bonds is 8. The van der Waals surface area contributed by atoms with Gasteiger partial charge in [0.05, 0.1) is 11.4 Å². The van der Waals surface area contributed by atoms with Crippen LogP contribution in [0.15, 0.2) is 144 Å². The summed E-state index contributed by atoms with van der Waals surface area (Å²) in [6, 6.07) is 46.0. The normalized spacial score (nSPS) is 11.6. The first kappa shape index (κ1) is 30.3. The molecule has 240 valence electrons. The molecular weight excluding hydrogens is 603 g/mol. The van der Waals surface area contributed by atoms with Crippen molar-refractivity contribution in [3.05, 3.63) is 151 Å². The number of fused-ring (bicyclic) bond motifs is 3. The fourth-order valence-electron chi connectivity index (χ4n) is 6.81. The lowest BCUT2D eigenvalue weighted by Gasteiger charge is -2.25. The zero-order chi connectivity index (χ0) is 33.5. The summed E-state index contributed by atoms with van der Waals surface area (Å²) in [5.74, 6) is 2.27. The van der Waals surface area contributed by atoms with Gasteiger partial charge in [0.2, 0.25) is 0 Å². The lowest BCUT2D eigenvalue weighted by atomic mass is 9.92. The van der Waals surface area contributed by atoms with E-state index in [1.165, 1.54) is 11.1 Å². The molecular formula is C43H37N5O. The van der Waals surface area contributed by atoms with Gasteiger partial charge in [-0.1, -0.05) is 113 Å². The molecule has 0 N–H and O–H groups in total. The first-order valence-corrected chi connectivity index (χ1v) is 16.8. The van der Waals surface area contributed by atoms with Crippen molar-refractivity contribution in [2.24, 2.45) is 0 Å². The van der Waals surface area contributed by atoms with Crippen LogP contribution in [0.3, 0.4) is 0 Å². The number of hydrogen-bond donors (Lipinski definition) is 0. The van der Waals surface area contributed by atoms with Crippen LogP contribution < -0.4 is 4.90 Å². The maximum Gasteiger partial charge on any atom is 0.168 e. The van der Waals surface area contributed by atoms with Crippen LogP contribution >= 0.6 is 0 Å². The molecule has 0 fully saturated rings. The lowest BCUT2D eigenvalue weighted by molar-refractivity contribution is 0.670. The van der Waals surface area contributed by atoms with E-state index in [-0.39, 0.29) is 0 Å². The maximum absolute atomic E-state index is 6.39. The summed E-state index contributed by atoms with van der Waals surface area (Å²) in [7, 11) is 0. The molecule has 0 aliphatic carbocycles. The smallest absolute Gasteiger partial charge is 0.168 e. The number of para-hydroxylation sites is 4. The van der Waals surface area contributed by atoms with Crippen LogP contribution in [0.25, 0.3) is 50.3 Å². The van der Waals surface area contributed by atoms with Gasteiger partial charge in [-0.25, -0.2) is 4.98 Å². The quantitative estimate of drug-likeness (QED) is 0.166. The topological polar surface area (TPSA) is 60.0 Å². The summed E-state index contributed by atoms with van der Waals surface area (Å²) in [6.45, 7) is 8.95. The van der Waals surface area contributed by atoms with Crippen molar-refractivity contribution in [1.82, 2.24) is 19.7 Å². The van der Waals surface area contributed by atoms with E-state index in [0.29, 0.717) is 11.8 Å². The van der Waals surface area contributed by atoms with Crippen LogP contribution in [0, 0.1) is 0 Å². The minimum absolute atomic E-state index is 0.340. The highest BCUT2D eigenvalue weighted by Crippen LogP contribution is 2.40. The van der Waals surface area contributed by atoms with E-state index < -0.39 is 0 Å². The number of pyridine rings is 1. The van der Waals surface area contributed by atoms with Gasteiger partial charge >= 0.3 is 0 Å². The molecule has 0 spiro atoms. The van der Waals surface area contributed by atoms with E-state index in [1.807, 2.05) is 36.7 Å². The Balaban J connectivity index is 1.26. The summed E-state index contributed by atoms with van der Waals surface area (Å²) in [4.78, 5) is 7.46. The summed E-state index contributed by atoms with van der Waals surface area (Å²) in [5, 5.41) is 11.3. The molecule has 8 rings (SSSR count). The van der Waals surface area contributed by atoms with Crippen molar-refractivity contribution in [2.75, 3.05) is 4.90 Å². The Morgan fingerprint density at radius 3 is 2.10 bits per heavy atom. The second-order valence-corrected chi connectivity index (χ2v) is 13.0. The van der Waals surface area contributed by atoms with Gasteiger partial charge < -0.3 is 4.42 Å². The van der Waals surface area contributed by atoms with Gasteiger partial charge in [0.15, 0.2) is 5.82 Å². The van der Waals surface area contributed by atoms with Crippen molar-refractivity contribution in [2.45, 2.75) is 39.5 Å². The highest BCUT2D eigenvalue weighted by molar-refractivity contribution is 6.09. The number of anilines is 3. The van der Waals surface area contributed by atoms with Gasteiger partial charge in [-0.3, -0.25) is 9.47 Å². The van der Waals surface area contributed by atoms with Crippen LogP contribution in [0.1, 0.15) is 50.7 Å². The molecule has 8 aromatic rings. The molecule has 0 atom stereocenters. The standard InChI is InChI=1S/C43H37N5O/c1-28(2)33-19-11-20-34(29(3)4)41(33)47-27-44-46-43(47)30-14-10-17-32(26-30)48(31-15-6-5-7-16-31)40-25-13-23-38(45-40)37-22-12-21-36-35-18-8-9-24-39(35)49-42(36)37/h5-29H,1-4H3. The Kier molecular flexibility index (Phi) is 7.77. The second-order valence-electron chi connectivity index (χ2n) is 13.0. The third-order valence-corrected chi connectivity index (χ3v) is 9.15. The van der Waals surface area contributed by atoms with Crippen molar-refractivity contribution < 1.29 is 4.42 Å². The molecule has 49 heavy (non-hydrogen) atoms. The predicted octanol–water partition coefficient (Wildman–Crippen LogP) is 11.6. The summed E-state index contributed by atoms with van der Waals surface area (Å²) in [5.41, 5.74) is 10.1. The molecule has 3 heterocycles. The van der Waals surface area contributed by atoms with E-state index in [1.54, 1.807) is 0 Å². The molecule has 0 amide bonds. The van der Waals surface area contributed by atoms with E-state index in [9.17, 15) is 0 Å². The first-order chi connectivity index (χ1) is 24.0. The van der Waals surface area contributed by atoms with E-state index in [2.05, 4.69) is 150 Å². The summed E-state index contributed by atoms with van der Waals surface area (Å²) < 4.78 is 8.55. The molecule has 6 heteroatoms. The van der Waals surface area contributed by atoms with Gasteiger partial charge in [-0.2, -0.15) is 0 Å². The Hall–Kier alpha value is -6.01. The number of benzene rings is 5. The van der Waals surface area contributed by atoms with Gasteiger partial charge in [0.1, 0.15) is 23.3 Å². The van der Waals surface area contributed by atoms with Gasteiger partial charge in [-0.15, -0.1) is 10.2 Å². The predicted molar refractivity (Wildman–Crippen MR) is 200 cm³/mol. The van der Waals surface area contributed by atoms with E-state index in [4.69, 9.17) is 9.40 Å². The monoisotopic (exact) mass is 639 g/mol. The Bertz CT molecular complexity index is 2400. The molecule has 0 radical (unpaired) electrons. The third-order valence-electron chi connectivity index (χ3n) is 9.15. The largest absolute Gasteiger partial charge is 0.455 e. The Morgan fingerprint density at radius 2 is 1.31 bits per heavy atom. The second kappa shape index (κ2) is 12.5. The highest BCUT2D eigenvalue weighted by atomic mass is 16.3. The van der Waals surface area contributed by atoms with Crippen LogP contribution in [-0.4, -0.2) is 19.7 Å². The van der Waals surface area contributed by atoms with Gasteiger partial charge in [0, 0.05) is 33.3 Å². The number of nitrogens with zero attached hydrogens (tertiary/aromatic N) is 5. The van der Waals surface area contributed by atoms with Crippen molar-refractivity contribution in [3.63, 3.8) is 0 Å². The van der Waals surface area contributed by atoms with Crippen LogP contribution in [0.5, 0.6) is 0 Å². The molecule has 6 nitrogen and oxygen atoms in total. The molecule has 5 aromatic carbocycles. The van der Waals surface area contributed by atoms with Crippen LogP contribution in [-0.2, 0) is 0 Å². The first-order valence-electron chi connectivity index (χ1n) is 16.8. The molecule has 0 saturated heterocycles. The Labute approximate surface area is 286 Å². The van der Waals surface area contributed by atoms with Crippen molar-refractivity contribution in [1.29, 1.82) is 0 Å². The summed E-state index contributed by atoms with van der Waals surface area (Å²) >= 11 is 0. The molecule has 0 unspecified atom stereocenters. The number of hydrogen-bond acceptors (Lipinski definition) is 5. The molecule has 0 saturated carbocycles. The average Bonchev–Trinajstić information content (AvgIpc) is 3.78. The fourth-order valence-corrected chi connectivity index (χ4v) is 6.81. The zero-order valence-electron chi connectivity index (χ0n) is 28.1. The molecule has 0 aliphatic heterocycles.